The number of benzene rings is 3. The summed E-state index contributed by atoms with van der Waals surface area (Å²) >= 11 is 1.27. The molecule has 1 aromatic heterocycles. The van der Waals surface area contributed by atoms with Crippen molar-refractivity contribution in [1.82, 2.24) is 20.2 Å². The third-order valence-corrected chi connectivity index (χ3v) is 5.07. The van der Waals surface area contributed by atoms with Gasteiger partial charge >= 0.3 is 0 Å². The normalized spacial score (nSPS) is 10.6. The van der Waals surface area contributed by atoms with Crippen LogP contribution in [-0.2, 0) is 4.79 Å². The van der Waals surface area contributed by atoms with E-state index < -0.39 is 0 Å². The van der Waals surface area contributed by atoms with Crippen LogP contribution in [0.1, 0.15) is 5.56 Å². The number of hydrogen-bond donors (Lipinski definition) is 1. The van der Waals surface area contributed by atoms with Crippen LogP contribution in [0.4, 0.5) is 5.69 Å². The number of hydrogen-bond acceptors (Lipinski definition) is 6. The summed E-state index contributed by atoms with van der Waals surface area (Å²) in [6, 6.07) is 24.6. The van der Waals surface area contributed by atoms with Gasteiger partial charge in [-0.15, -0.1) is 5.10 Å². The number of anilines is 1. The van der Waals surface area contributed by atoms with Crippen LogP contribution in [-0.4, -0.2) is 31.9 Å². The zero-order chi connectivity index (χ0) is 20.8. The summed E-state index contributed by atoms with van der Waals surface area (Å²) < 4.78 is 7.51. The summed E-state index contributed by atoms with van der Waals surface area (Å²) in [5.41, 5.74) is 2.56. The van der Waals surface area contributed by atoms with E-state index in [-0.39, 0.29) is 11.7 Å². The van der Waals surface area contributed by atoms with Crippen LogP contribution < -0.4 is 10.1 Å². The smallest absolute Gasteiger partial charge is 0.234 e. The predicted molar refractivity (Wildman–Crippen MR) is 116 cm³/mol. The fourth-order valence-corrected chi connectivity index (χ4v) is 3.47. The van der Waals surface area contributed by atoms with Gasteiger partial charge in [0.2, 0.25) is 11.1 Å². The molecule has 1 N–H and O–H groups in total. The van der Waals surface area contributed by atoms with Gasteiger partial charge < -0.3 is 10.1 Å². The highest BCUT2D eigenvalue weighted by Crippen LogP contribution is 2.29. The second-order valence-electron chi connectivity index (χ2n) is 6.46. The Hall–Kier alpha value is -3.65. The summed E-state index contributed by atoms with van der Waals surface area (Å²) in [6.45, 7) is 2.00. The number of rotatable bonds is 7. The van der Waals surface area contributed by atoms with Gasteiger partial charge in [0.15, 0.2) is 5.75 Å². The van der Waals surface area contributed by atoms with Crippen LogP contribution in [0.3, 0.4) is 0 Å². The Morgan fingerprint density at radius 1 is 1.03 bits per heavy atom. The van der Waals surface area contributed by atoms with Gasteiger partial charge in [-0.3, -0.25) is 4.79 Å². The van der Waals surface area contributed by atoms with Crippen LogP contribution in [0.5, 0.6) is 11.5 Å². The Morgan fingerprint density at radius 3 is 2.67 bits per heavy atom. The third-order valence-electron chi connectivity index (χ3n) is 4.15. The van der Waals surface area contributed by atoms with Crippen molar-refractivity contribution in [1.29, 1.82) is 0 Å². The fraction of sp³-hybridized carbons (Fsp3) is 0.0909. The first-order chi connectivity index (χ1) is 14.7. The zero-order valence-electron chi connectivity index (χ0n) is 16.2. The second kappa shape index (κ2) is 9.23. The molecular formula is C22H19N5O2S. The molecule has 7 nitrogen and oxygen atoms in total. The number of tetrazole rings is 1. The molecule has 4 rings (SSSR count). The number of ether oxygens (including phenoxy) is 1. The molecule has 30 heavy (non-hydrogen) atoms. The minimum atomic E-state index is -0.178. The van der Waals surface area contributed by atoms with Crippen molar-refractivity contribution in [2.24, 2.45) is 0 Å². The molecule has 0 saturated carbocycles. The number of carbonyl (C=O) groups excluding carboxylic acids is 1. The highest BCUT2D eigenvalue weighted by molar-refractivity contribution is 7.99. The molecule has 0 saturated heterocycles. The topological polar surface area (TPSA) is 81.9 Å². The lowest BCUT2D eigenvalue weighted by atomic mass is 10.2. The summed E-state index contributed by atoms with van der Waals surface area (Å²) in [5, 5.41) is 15.3. The predicted octanol–water partition coefficient (Wildman–Crippen LogP) is 4.49. The van der Waals surface area contributed by atoms with E-state index in [9.17, 15) is 4.79 Å². The molecule has 0 bridgehead atoms. The lowest BCUT2D eigenvalue weighted by Gasteiger charge is -2.12. The van der Waals surface area contributed by atoms with Gasteiger partial charge in [0.1, 0.15) is 5.75 Å². The summed E-state index contributed by atoms with van der Waals surface area (Å²) in [7, 11) is 0. The Morgan fingerprint density at radius 2 is 1.83 bits per heavy atom. The molecule has 0 aliphatic heterocycles. The van der Waals surface area contributed by atoms with E-state index in [2.05, 4.69) is 20.8 Å². The van der Waals surface area contributed by atoms with Gasteiger partial charge in [0.25, 0.3) is 0 Å². The maximum atomic E-state index is 12.5. The van der Waals surface area contributed by atoms with Crippen molar-refractivity contribution >= 4 is 23.4 Å². The zero-order valence-corrected chi connectivity index (χ0v) is 17.0. The summed E-state index contributed by atoms with van der Waals surface area (Å²) in [6.07, 6.45) is 0. The molecule has 0 spiro atoms. The van der Waals surface area contributed by atoms with E-state index in [4.69, 9.17) is 4.74 Å². The maximum Gasteiger partial charge on any atom is 0.234 e. The first kappa shape index (κ1) is 19.7. The standard InChI is InChI=1S/C22H19N5O2S/c1-16-8-7-9-17(14-16)27-22(24-25-26-27)30-15-21(28)23-19-12-5-6-13-20(19)29-18-10-3-2-4-11-18/h2-14H,15H2,1H3,(H,23,28). The van der Waals surface area contributed by atoms with Crippen molar-refractivity contribution in [3.05, 3.63) is 84.4 Å². The van der Waals surface area contributed by atoms with Crippen LogP contribution in [0.25, 0.3) is 5.69 Å². The van der Waals surface area contributed by atoms with Crippen molar-refractivity contribution in [3.8, 4) is 17.2 Å². The second-order valence-corrected chi connectivity index (χ2v) is 7.40. The van der Waals surface area contributed by atoms with Crippen molar-refractivity contribution in [2.45, 2.75) is 12.1 Å². The third kappa shape index (κ3) is 4.84. The number of aromatic nitrogens is 4. The number of carbonyl (C=O) groups is 1. The van der Waals surface area contributed by atoms with E-state index in [1.54, 1.807) is 10.7 Å². The van der Waals surface area contributed by atoms with Crippen LogP contribution in [0.15, 0.2) is 84.0 Å². The number of amides is 1. The highest BCUT2D eigenvalue weighted by atomic mass is 32.2. The van der Waals surface area contributed by atoms with Gasteiger partial charge in [-0.1, -0.05) is 54.2 Å². The van der Waals surface area contributed by atoms with Gasteiger partial charge in [-0.2, -0.15) is 4.68 Å². The molecule has 1 heterocycles. The van der Waals surface area contributed by atoms with Crippen molar-refractivity contribution < 1.29 is 9.53 Å². The molecule has 3 aromatic carbocycles. The molecule has 1 amide bonds. The number of nitrogens with zero attached hydrogens (tertiary/aromatic N) is 4. The first-order valence-electron chi connectivity index (χ1n) is 9.29. The highest BCUT2D eigenvalue weighted by Gasteiger charge is 2.13. The van der Waals surface area contributed by atoms with Crippen LogP contribution in [0, 0.1) is 6.92 Å². The average molecular weight is 417 g/mol. The van der Waals surface area contributed by atoms with Crippen molar-refractivity contribution in [2.75, 3.05) is 11.1 Å². The maximum absolute atomic E-state index is 12.5. The molecule has 0 unspecified atom stereocenters. The van der Waals surface area contributed by atoms with Crippen LogP contribution >= 0.6 is 11.8 Å². The number of aryl methyl sites for hydroxylation is 1. The molecule has 0 aliphatic carbocycles. The first-order valence-corrected chi connectivity index (χ1v) is 10.3. The molecule has 0 atom stereocenters. The largest absolute Gasteiger partial charge is 0.455 e. The Kier molecular flexibility index (Phi) is 6.05. The quantitative estimate of drug-likeness (QED) is 0.446. The molecule has 0 aliphatic rings. The van der Waals surface area contributed by atoms with Crippen LogP contribution in [0.2, 0.25) is 0 Å². The Labute approximate surface area is 178 Å². The SMILES string of the molecule is Cc1cccc(-n2nnnc2SCC(=O)Nc2ccccc2Oc2ccccc2)c1. The average Bonchev–Trinajstić information content (AvgIpc) is 3.23. The molecular weight excluding hydrogens is 398 g/mol. The molecule has 4 aromatic rings. The van der Waals surface area contributed by atoms with Gasteiger partial charge in [-0.05, 0) is 59.3 Å². The monoisotopic (exact) mass is 417 g/mol. The molecule has 150 valence electrons. The fourth-order valence-electron chi connectivity index (χ4n) is 2.78. The molecule has 0 radical (unpaired) electrons. The van der Waals surface area contributed by atoms with Crippen molar-refractivity contribution in [3.63, 3.8) is 0 Å². The number of nitrogens with one attached hydrogen (secondary N) is 1. The summed E-state index contributed by atoms with van der Waals surface area (Å²) in [4.78, 5) is 12.5. The summed E-state index contributed by atoms with van der Waals surface area (Å²) in [5.74, 6) is 1.26. The molecule has 8 heteroatoms. The lowest BCUT2D eigenvalue weighted by Crippen LogP contribution is -2.15. The van der Waals surface area contributed by atoms with E-state index in [0.29, 0.717) is 22.3 Å². The van der Waals surface area contributed by atoms with Gasteiger partial charge in [0, 0.05) is 0 Å². The van der Waals surface area contributed by atoms with E-state index >= 15 is 0 Å². The van der Waals surface area contributed by atoms with Gasteiger partial charge in [-0.25, -0.2) is 0 Å². The minimum absolute atomic E-state index is 0.159. The van der Waals surface area contributed by atoms with E-state index in [1.165, 1.54) is 11.8 Å². The van der Waals surface area contributed by atoms with E-state index in [1.807, 2.05) is 79.7 Å². The number of thioether (sulfide) groups is 1. The minimum Gasteiger partial charge on any atom is -0.455 e. The molecule has 0 fully saturated rings. The lowest BCUT2D eigenvalue weighted by molar-refractivity contribution is -0.113. The number of para-hydroxylation sites is 3. The van der Waals surface area contributed by atoms with Gasteiger partial charge in [0.05, 0.1) is 17.1 Å². The van der Waals surface area contributed by atoms with E-state index in [0.717, 1.165) is 11.3 Å². The Balaban J connectivity index is 1.42. The Bertz CT molecular complexity index is 1150.